The van der Waals surface area contributed by atoms with E-state index in [1.807, 2.05) is 55.6 Å². The molecule has 0 aliphatic rings. The molecule has 8 rings (SSSR count). The summed E-state index contributed by atoms with van der Waals surface area (Å²) in [5, 5.41) is 17.0. The maximum atomic E-state index is 12.9. The highest BCUT2D eigenvalue weighted by molar-refractivity contribution is 7.21. The van der Waals surface area contributed by atoms with E-state index in [1.165, 1.54) is 11.8 Å². The zero-order valence-corrected chi connectivity index (χ0v) is 27.4. The van der Waals surface area contributed by atoms with E-state index in [4.69, 9.17) is 4.42 Å². The van der Waals surface area contributed by atoms with Crippen LogP contribution in [0.1, 0.15) is 23.0 Å². The number of thiophene rings is 1. The molecule has 0 atom stereocenters. The van der Waals surface area contributed by atoms with Crippen LogP contribution in [0.25, 0.3) is 42.8 Å². The van der Waals surface area contributed by atoms with Gasteiger partial charge in [0.2, 0.25) is 5.91 Å². The number of para-hydroxylation sites is 1. The minimum atomic E-state index is -0.207. The topological polar surface area (TPSA) is 129 Å². The van der Waals surface area contributed by atoms with Crippen molar-refractivity contribution in [2.75, 3.05) is 11.9 Å². The highest BCUT2D eigenvalue weighted by Crippen LogP contribution is 2.35. The van der Waals surface area contributed by atoms with Crippen molar-refractivity contribution < 1.29 is 9.21 Å². The van der Waals surface area contributed by atoms with Crippen LogP contribution in [0, 0.1) is 6.92 Å². The first-order chi connectivity index (χ1) is 24.1. The van der Waals surface area contributed by atoms with Crippen molar-refractivity contribution in [3.8, 4) is 21.7 Å². The molecule has 12 heteroatoms. The monoisotopic (exact) mass is 665 g/mol. The number of carbonyl (C=O) groups is 1. The molecular weight excluding hydrogens is 635 g/mol. The third kappa shape index (κ3) is 6.41. The van der Waals surface area contributed by atoms with Crippen LogP contribution >= 0.6 is 11.3 Å². The predicted molar refractivity (Wildman–Crippen MR) is 190 cm³/mol. The van der Waals surface area contributed by atoms with E-state index in [2.05, 4.69) is 95.1 Å². The molecule has 0 saturated carbocycles. The van der Waals surface area contributed by atoms with Gasteiger partial charge in [0.1, 0.15) is 33.6 Å². The number of amides is 1. The Morgan fingerprint density at radius 2 is 1.67 bits per heavy atom. The number of aromatic nitrogens is 7. The lowest BCUT2D eigenvalue weighted by atomic mass is 10.1. The quantitative estimate of drug-likeness (QED) is 0.156. The molecule has 11 nitrogen and oxygen atoms in total. The molecule has 49 heavy (non-hydrogen) atoms. The van der Waals surface area contributed by atoms with Gasteiger partial charge in [0.25, 0.3) is 0 Å². The molecule has 0 unspecified atom stereocenters. The SMILES string of the molecule is Cc1nc(NCC(=O)NCc2ocnc2Cn2cc(Cn3c(-c4ccccc4)cc4ccccc43)nn2)c2cc(-c3ccccc3)sc2n1. The lowest BCUT2D eigenvalue weighted by Gasteiger charge is -2.09. The van der Waals surface area contributed by atoms with Gasteiger partial charge in [-0.2, -0.15) is 0 Å². The number of nitrogens with zero attached hydrogens (tertiary/aromatic N) is 7. The summed E-state index contributed by atoms with van der Waals surface area (Å²) in [7, 11) is 0. The van der Waals surface area contributed by atoms with E-state index < -0.39 is 0 Å². The van der Waals surface area contributed by atoms with Crippen molar-refractivity contribution in [1.29, 1.82) is 0 Å². The molecule has 2 N–H and O–H groups in total. The highest BCUT2D eigenvalue weighted by atomic mass is 32.1. The van der Waals surface area contributed by atoms with E-state index in [0.717, 1.165) is 43.1 Å². The Labute approximate surface area is 285 Å². The molecule has 0 aliphatic heterocycles. The lowest BCUT2D eigenvalue weighted by Crippen LogP contribution is -2.30. The van der Waals surface area contributed by atoms with Crippen molar-refractivity contribution in [3.05, 3.63) is 133 Å². The van der Waals surface area contributed by atoms with Crippen LogP contribution in [0.2, 0.25) is 0 Å². The number of anilines is 1. The van der Waals surface area contributed by atoms with Gasteiger partial charge >= 0.3 is 0 Å². The molecule has 0 saturated heterocycles. The largest absolute Gasteiger partial charge is 0.446 e. The van der Waals surface area contributed by atoms with Gasteiger partial charge in [-0.1, -0.05) is 84.1 Å². The molecule has 5 heterocycles. The number of hydrogen-bond donors (Lipinski definition) is 2. The first kappa shape index (κ1) is 30.2. The number of aryl methyl sites for hydroxylation is 1. The summed E-state index contributed by atoms with van der Waals surface area (Å²) in [6, 6.07) is 33.1. The number of carbonyl (C=O) groups excluding carboxylic acids is 1. The first-order valence-corrected chi connectivity index (χ1v) is 16.7. The van der Waals surface area contributed by atoms with Gasteiger partial charge in [0, 0.05) is 21.5 Å². The summed E-state index contributed by atoms with van der Waals surface area (Å²) in [6.07, 6.45) is 3.30. The van der Waals surface area contributed by atoms with Crippen LogP contribution in [-0.4, -0.2) is 47.0 Å². The fraction of sp³-hybridized carbons (Fsp3) is 0.135. The Kier molecular flexibility index (Phi) is 8.12. The number of nitrogens with one attached hydrogen (secondary N) is 2. The first-order valence-electron chi connectivity index (χ1n) is 15.9. The van der Waals surface area contributed by atoms with Crippen LogP contribution in [0.4, 0.5) is 5.82 Å². The fourth-order valence-electron chi connectivity index (χ4n) is 5.91. The molecule has 0 fully saturated rings. The summed E-state index contributed by atoms with van der Waals surface area (Å²) in [5.41, 5.74) is 5.99. The van der Waals surface area contributed by atoms with Gasteiger partial charge in [-0.05, 0) is 36.2 Å². The van der Waals surface area contributed by atoms with E-state index in [9.17, 15) is 4.79 Å². The second-order valence-electron chi connectivity index (χ2n) is 11.6. The Morgan fingerprint density at radius 3 is 2.51 bits per heavy atom. The summed E-state index contributed by atoms with van der Waals surface area (Å²) >= 11 is 1.60. The zero-order valence-electron chi connectivity index (χ0n) is 26.6. The number of rotatable bonds is 11. The molecule has 8 aromatic rings. The molecule has 1 amide bonds. The molecule has 5 aromatic heterocycles. The Bertz CT molecular complexity index is 2390. The maximum absolute atomic E-state index is 12.9. The van der Waals surface area contributed by atoms with Gasteiger partial charge in [-0.25, -0.2) is 19.6 Å². The average molecular weight is 666 g/mol. The van der Waals surface area contributed by atoms with Crippen LogP contribution in [0.15, 0.2) is 114 Å². The van der Waals surface area contributed by atoms with E-state index >= 15 is 0 Å². The molecule has 3 aromatic carbocycles. The van der Waals surface area contributed by atoms with Crippen molar-refractivity contribution in [2.45, 2.75) is 26.6 Å². The number of oxazole rings is 1. The van der Waals surface area contributed by atoms with Crippen molar-refractivity contribution in [1.82, 2.24) is 39.8 Å². The van der Waals surface area contributed by atoms with Gasteiger partial charge in [-0.15, -0.1) is 16.4 Å². The minimum absolute atomic E-state index is 0.0387. The van der Waals surface area contributed by atoms with Gasteiger partial charge < -0.3 is 19.6 Å². The summed E-state index contributed by atoms with van der Waals surface area (Å²) < 4.78 is 9.64. The second kappa shape index (κ2) is 13.2. The summed E-state index contributed by atoms with van der Waals surface area (Å²) in [5.74, 6) is 1.61. The van der Waals surface area contributed by atoms with E-state index in [1.54, 1.807) is 16.0 Å². The molecule has 0 aliphatic carbocycles. The molecular formula is C37H31N9O2S. The van der Waals surface area contributed by atoms with E-state index in [-0.39, 0.29) is 19.0 Å². The third-order valence-corrected chi connectivity index (χ3v) is 9.33. The van der Waals surface area contributed by atoms with E-state index in [0.29, 0.717) is 36.2 Å². The van der Waals surface area contributed by atoms with Crippen molar-refractivity contribution in [2.24, 2.45) is 0 Å². The minimum Gasteiger partial charge on any atom is -0.446 e. The van der Waals surface area contributed by atoms with Gasteiger partial charge in [0.15, 0.2) is 6.39 Å². The van der Waals surface area contributed by atoms with Gasteiger partial charge in [-0.3, -0.25) is 4.79 Å². The smallest absolute Gasteiger partial charge is 0.239 e. The van der Waals surface area contributed by atoms with Crippen LogP contribution in [0.5, 0.6) is 0 Å². The number of fused-ring (bicyclic) bond motifs is 2. The Morgan fingerprint density at radius 1 is 0.898 bits per heavy atom. The third-order valence-electron chi connectivity index (χ3n) is 8.25. The van der Waals surface area contributed by atoms with Crippen molar-refractivity contribution in [3.63, 3.8) is 0 Å². The van der Waals surface area contributed by atoms with Crippen LogP contribution in [-0.2, 0) is 24.4 Å². The molecule has 0 spiro atoms. The second-order valence-corrected chi connectivity index (χ2v) is 12.6. The maximum Gasteiger partial charge on any atom is 0.239 e. The fourth-order valence-corrected chi connectivity index (χ4v) is 6.99. The molecule has 0 radical (unpaired) electrons. The average Bonchev–Trinajstić information content (AvgIpc) is 3.94. The summed E-state index contributed by atoms with van der Waals surface area (Å²) in [4.78, 5) is 28.4. The Balaban J connectivity index is 0.913. The Hall–Kier alpha value is -6.14. The van der Waals surface area contributed by atoms with Crippen LogP contribution in [0.3, 0.4) is 0 Å². The normalized spacial score (nSPS) is 11.4. The molecule has 242 valence electrons. The lowest BCUT2D eigenvalue weighted by molar-refractivity contribution is -0.119. The summed E-state index contributed by atoms with van der Waals surface area (Å²) in [6.45, 7) is 2.98. The highest BCUT2D eigenvalue weighted by Gasteiger charge is 2.16. The van der Waals surface area contributed by atoms with Crippen LogP contribution < -0.4 is 10.6 Å². The molecule has 0 bridgehead atoms. The van der Waals surface area contributed by atoms with Gasteiger partial charge in [0.05, 0.1) is 37.8 Å². The standard InChI is InChI=1S/C37H31N9O2S/c1-24-41-36(29-17-34(49-37(29)42-24)26-12-6-3-7-13-26)39-19-35(47)38-18-33-30(40-23-48-33)22-45-20-28(43-44-45)21-46-31-15-9-8-14-27(31)16-32(46)25-10-4-2-5-11-25/h2-17,20,23H,18-19,21-22H2,1H3,(H,38,47)(H,39,41,42). The number of hydrogen-bond acceptors (Lipinski definition) is 9. The zero-order chi connectivity index (χ0) is 33.2. The predicted octanol–water partition coefficient (Wildman–Crippen LogP) is 6.69. The number of benzene rings is 3. The van der Waals surface area contributed by atoms with Crippen molar-refractivity contribution >= 4 is 44.2 Å².